The Morgan fingerprint density at radius 2 is 1.00 bits per heavy atom. The molecule has 286 valence electrons. The second-order valence-corrected chi connectivity index (χ2v) is 16.5. The van der Waals surface area contributed by atoms with Gasteiger partial charge in [0.1, 0.15) is 5.58 Å². The molecule has 0 unspecified atom stereocenters. The minimum Gasteiger partial charge on any atom is -0.437 e. The molecule has 6 nitrogen and oxygen atoms in total. The highest BCUT2D eigenvalue weighted by atomic mass is 16.3. The summed E-state index contributed by atoms with van der Waals surface area (Å²) in [4.78, 5) is 10.9. The normalized spacial score (nSPS) is 12.5. The van der Waals surface area contributed by atoms with Gasteiger partial charge in [0.2, 0.25) is 5.71 Å². The van der Waals surface area contributed by atoms with Crippen molar-refractivity contribution in [1.82, 2.24) is 23.5 Å². The van der Waals surface area contributed by atoms with Crippen LogP contribution in [0.1, 0.15) is 0 Å². The largest absolute Gasteiger partial charge is 0.437 e. The summed E-state index contributed by atoms with van der Waals surface area (Å²) < 4.78 is 13.9. The van der Waals surface area contributed by atoms with Crippen molar-refractivity contribution in [3.63, 3.8) is 0 Å². The number of aromatic nitrogens is 5. The van der Waals surface area contributed by atoms with Crippen molar-refractivity contribution in [3.8, 4) is 22.9 Å². The summed E-state index contributed by atoms with van der Waals surface area (Å²) in [5, 5.41) is 14.0. The lowest BCUT2D eigenvalue weighted by Crippen LogP contribution is -2.02. The molecule has 0 aliphatic carbocycles. The topological polar surface area (TPSA) is 53.2 Å². The van der Waals surface area contributed by atoms with E-state index in [-0.39, 0.29) is 0 Å². The van der Waals surface area contributed by atoms with Crippen molar-refractivity contribution in [3.05, 3.63) is 188 Å². The van der Waals surface area contributed by atoms with Crippen molar-refractivity contribution < 1.29 is 4.42 Å². The Morgan fingerprint density at radius 1 is 0.371 bits per heavy atom. The van der Waals surface area contributed by atoms with Gasteiger partial charge in [0.25, 0.3) is 0 Å². The minimum absolute atomic E-state index is 0.558. The Kier molecular flexibility index (Phi) is 6.07. The van der Waals surface area contributed by atoms with Gasteiger partial charge in [0.15, 0.2) is 11.6 Å². The maximum atomic E-state index is 6.69. The predicted octanol–water partition coefficient (Wildman–Crippen LogP) is 14.5. The van der Waals surface area contributed by atoms with E-state index in [1.807, 2.05) is 12.1 Å². The molecule has 0 atom stereocenters. The number of para-hydroxylation sites is 5. The van der Waals surface area contributed by atoms with Crippen molar-refractivity contribution >= 4 is 115 Å². The number of hydrogen-bond acceptors (Lipinski definition) is 3. The lowest BCUT2D eigenvalue weighted by molar-refractivity contribution is 0.653. The summed E-state index contributed by atoms with van der Waals surface area (Å²) in [5.74, 6) is 1.40. The first-order chi connectivity index (χ1) is 30.8. The Bertz CT molecular complexity index is 4390. The van der Waals surface area contributed by atoms with Crippen LogP contribution in [0.2, 0.25) is 0 Å². The Labute approximate surface area is 352 Å². The Morgan fingerprint density at radius 3 is 1.84 bits per heavy atom. The average Bonchev–Trinajstić information content (AvgIpc) is 4.13. The van der Waals surface area contributed by atoms with Crippen LogP contribution in [0.3, 0.4) is 0 Å². The first-order valence-electron chi connectivity index (χ1n) is 21.1. The smallest absolute Gasteiger partial charge is 0.233 e. The van der Waals surface area contributed by atoms with Gasteiger partial charge in [-0.2, -0.15) is 4.98 Å². The van der Waals surface area contributed by atoms with Crippen molar-refractivity contribution in [1.29, 1.82) is 0 Å². The van der Waals surface area contributed by atoms with Crippen LogP contribution in [0.4, 0.5) is 0 Å². The number of nitrogens with zero attached hydrogens (tertiary/aromatic N) is 5. The first-order valence-corrected chi connectivity index (χ1v) is 21.1. The summed E-state index contributed by atoms with van der Waals surface area (Å²) >= 11 is 0. The van der Waals surface area contributed by atoms with Gasteiger partial charge in [0.05, 0.1) is 44.0 Å². The van der Waals surface area contributed by atoms with Crippen LogP contribution in [-0.4, -0.2) is 23.5 Å². The second kappa shape index (κ2) is 11.6. The SMILES string of the molecule is c1ccc(-n2c3ccccc3c3cc(-c4nc(-n5c6ccccc6c6c7c8c9ccccc9ccc8n8c9ccccc9c(cc65)c78)c5c(n4)oc4ccccc45)ccc32)cc1. The summed E-state index contributed by atoms with van der Waals surface area (Å²) in [5.41, 5.74) is 11.5. The number of fused-ring (bicyclic) bond motifs is 18. The van der Waals surface area contributed by atoms with E-state index < -0.39 is 0 Å². The van der Waals surface area contributed by atoms with E-state index in [4.69, 9.17) is 14.4 Å². The molecule has 0 aliphatic heterocycles. The number of rotatable bonds is 3. The third kappa shape index (κ3) is 4.04. The Balaban J connectivity index is 1.10. The lowest BCUT2D eigenvalue weighted by atomic mass is 9.98. The van der Waals surface area contributed by atoms with Crippen molar-refractivity contribution in [2.24, 2.45) is 0 Å². The fraction of sp³-hybridized carbons (Fsp3) is 0. The zero-order valence-electron chi connectivity index (χ0n) is 33.0. The Hall–Kier alpha value is -8.48. The lowest BCUT2D eigenvalue weighted by Gasteiger charge is -2.11. The van der Waals surface area contributed by atoms with Gasteiger partial charge >= 0.3 is 0 Å². The molecule has 0 saturated carbocycles. The van der Waals surface area contributed by atoms with Gasteiger partial charge in [-0.3, -0.25) is 4.57 Å². The third-order valence-electron chi connectivity index (χ3n) is 13.4. The van der Waals surface area contributed by atoms with Crippen LogP contribution in [0.5, 0.6) is 0 Å². The number of benzene rings is 9. The van der Waals surface area contributed by atoms with E-state index in [1.165, 1.54) is 65.0 Å². The maximum Gasteiger partial charge on any atom is 0.233 e. The van der Waals surface area contributed by atoms with Gasteiger partial charge < -0.3 is 13.4 Å². The van der Waals surface area contributed by atoms with Crippen LogP contribution in [-0.2, 0) is 0 Å². The molecule has 0 amide bonds. The standard InChI is InChI=1S/C56H31N5O/c1-2-15-34(16-3-1)59-42-22-10-6-18-36(42)40-30-33(27-28-45(40)59)54-57-55(51-39-21-9-13-25-48(39)62-56(51)58-54)61-44-24-12-8-20-38(44)50-47(61)31-41-37-19-7-11-23-43(37)60-46-29-26-32-14-4-5-17-35(32)49(46)52(50)53(41)60/h1-31H. The molecule has 0 aliphatic rings. The van der Waals surface area contributed by atoms with Gasteiger partial charge in [-0.25, -0.2) is 4.98 Å². The third-order valence-corrected chi connectivity index (χ3v) is 13.4. The van der Waals surface area contributed by atoms with Gasteiger partial charge in [-0.1, -0.05) is 121 Å². The minimum atomic E-state index is 0.558. The zero-order valence-corrected chi connectivity index (χ0v) is 33.0. The van der Waals surface area contributed by atoms with E-state index >= 15 is 0 Å². The molecule has 0 spiro atoms. The molecule has 9 aromatic carbocycles. The molecule has 0 saturated heterocycles. The molecule has 0 radical (unpaired) electrons. The molecule has 6 heterocycles. The molecule has 15 aromatic rings. The maximum absolute atomic E-state index is 6.69. The summed E-state index contributed by atoms with van der Waals surface area (Å²) in [6, 6.07) is 67.4. The van der Waals surface area contributed by atoms with Crippen molar-refractivity contribution in [2.75, 3.05) is 0 Å². The molecular formula is C56H31N5O. The number of hydrogen-bond donors (Lipinski definition) is 0. The van der Waals surface area contributed by atoms with Gasteiger partial charge in [0, 0.05) is 59.7 Å². The van der Waals surface area contributed by atoms with E-state index in [0.717, 1.165) is 60.9 Å². The average molecular weight is 790 g/mol. The highest BCUT2D eigenvalue weighted by Crippen LogP contribution is 2.49. The van der Waals surface area contributed by atoms with Crippen LogP contribution in [0.15, 0.2) is 192 Å². The van der Waals surface area contributed by atoms with Crippen LogP contribution in [0, 0.1) is 0 Å². The van der Waals surface area contributed by atoms with Crippen LogP contribution < -0.4 is 0 Å². The fourth-order valence-corrected chi connectivity index (χ4v) is 10.9. The molecule has 6 aromatic heterocycles. The molecule has 6 heteroatoms. The van der Waals surface area contributed by atoms with E-state index in [9.17, 15) is 0 Å². The predicted molar refractivity (Wildman–Crippen MR) is 256 cm³/mol. The van der Waals surface area contributed by atoms with Gasteiger partial charge in [-0.15, -0.1) is 0 Å². The fourth-order valence-electron chi connectivity index (χ4n) is 10.9. The molecule has 0 bridgehead atoms. The van der Waals surface area contributed by atoms with Crippen molar-refractivity contribution in [2.45, 2.75) is 0 Å². The highest BCUT2D eigenvalue weighted by Gasteiger charge is 2.27. The van der Waals surface area contributed by atoms with Crippen LogP contribution >= 0.6 is 0 Å². The second-order valence-electron chi connectivity index (χ2n) is 16.5. The quantitative estimate of drug-likeness (QED) is 0.179. The van der Waals surface area contributed by atoms with E-state index in [0.29, 0.717) is 11.5 Å². The monoisotopic (exact) mass is 789 g/mol. The summed E-state index contributed by atoms with van der Waals surface area (Å²) in [6.45, 7) is 0. The zero-order chi connectivity index (χ0) is 40.2. The molecule has 62 heavy (non-hydrogen) atoms. The first kappa shape index (κ1) is 32.4. The van der Waals surface area contributed by atoms with Crippen LogP contribution in [0.25, 0.3) is 137 Å². The molecular weight excluding hydrogens is 759 g/mol. The molecule has 0 fully saturated rings. The highest BCUT2D eigenvalue weighted by molar-refractivity contribution is 6.39. The molecule has 0 N–H and O–H groups in total. The summed E-state index contributed by atoms with van der Waals surface area (Å²) in [7, 11) is 0. The molecule has 15 rings (SSSR count). The van der Waals surface area contributed by atoms with E-state index in [1.54, 1.807) is 0 Å². The van der Waals surface area contributed by atoms with E-state index in [2.05, 4.69) is 189 Å². The van der Waals surface area contributed by atoms with Gasteiger partial charge in [-0.05, 0) is 77.5 Å². The number of furan rings is 1. The summed E-state index contributed by atoms with van der Waals surface area (Å²) in [6.07, 6.45) is 0.